The summed E-state index contributed by atoms with van der Waals surface area (Å²) in [4.78, 5) is 19.0. The van der Waals surface area contributed by atoms with Gasteiger partial charge in [-0.1, -0.05) is 6.07 Å². The van der Waals surface area contributed by atoms with Gasteiger partial charge in [0.05, 0.1) is 0 Å². The maximum absolute atomic E-state index is 14.9. The third-order valence-corrected chi connectivity index (χ3v) is 3.39. The Morgan fingerprint density at radius 3 is 2.77 bits per heavy atom. The van der Waals surface area contributed by atoms with E-state index in [1.54, 1.807) is 30.6 Å². The maximum Gasteiger partial charge on any atom is 0.317 e. The topological polar surface area (TPSA) is 80.9 Å². The molecule has 6 heteroatoms. The average Bonchev–Trinajstić information content (AvgIpc) is 2.51. The first-order chi connectivity index (χ1) is 10.6. The normalized spacial score (nSPS) is 10.6. The number of hydrogen-bond donors (Lipinski definition) is 2. The van der Waals surface area contributed by atoms with Gasteiger partial charge < -0.3 is 5.73 Å². The van der Waals surface area contributed by atoms with Gasteiger partial charge in [-0.05, 0) is 30.7 Å². The molecule has 2 aromatic heterocycles. The number of anilines is 1. The third kappa shape index (κ3) is 2.46. The first kappa shape index (κ1) is 13.9. The van der Waals surface area contributed by atoms with Crippen LogP contribution in [-0.2, 0) is 0 Å². The molecule has 0 atom stereocenters. The van der Waals surface area contributed by atoms with Gasteiger partial charge in [-0.15, -0.1) is 0 Å². The van der Waals surface area contributed by atoms with Crippen molar-refractivity contribution in [1.82, 2.24) is 9.97 Å². The predicted octanol–water partition coefficient (Wildman–Crippen LogP) is 3.23. The van der Waals surface area contributed by atoms with Gasteiger partial charge in [0.15, 0.2) is 0 Å². The minimum Gasteiger partial charge on any atom is -0.351 e. The molecular formula is C16H13FN4O. The van der Waals surface area contributed by atoms with E-state index in [9.17, 15) is 9.18 Å². The Morgan fingerprint density at radius 1 is 1.27 bits per heavy atom. The van der Waals surface area contributed by atoms with Crippen LogP contribution in [0.4, 0.5) is 15.0 Å². The lowest BCUT2D eigenvalue weighted by Gasteiger charge is -2.11. The summed E-state index contributed by atoms with van der Waals surface area (Å²) in [5, 5.41) is 3.41. The average molecular weight is 296 g/mol. The highest BCUT2D eigenvalue weighted by molar-refractivity contribution is 5.94. The second-order valence-electron chi connectivity index (χ2n) is 4.90. The molecule has 0 aliphatic carbocycles. The molecule has 0 saturated carbocycles. The maximum atomic E-state index is 14.9. The molecule has 3 aromatic rings. The van der Waals surface area contributed by atoms with E-state index in [2.05, 4.69) is 15.3 Å². The molecule has 5 nitrogen and oxygen atoms in total. The van der Waals surface area contributed by atoms with E-state index in [0.717, 1.165) is 5.56 Å². The van der Waals surface area contributed by atoms with Crippen molar-refractivity contribution in [2.24, 2.45) is 5.73 Å². The number of halogens is 1. The Morgan fingerprint density at radius 2 is 2.09 bits per heavy atom. The second kappa shape index (κ2) is 5.40. The first-order valence-corrected chi connectivity index (χ1v) is 6.62. The SMILES string of the molecule is Cc1cc(-c2cccnc2)c(F)c2cc(NC(N)=O)ncc12. The van der Waals surface area contributed by atoms with E-state index in [1.807, 2.05) is 6.92 Å². The molecule has 3 rings (SSSR count). The summed E-state index contributed by atoms with van der Waals surface area (Å²) in [6.45, 7) is 1.88. The monoisotopic (exact) mass is 296 g/mol. The third-order valence-electron chi connectivity index (χ3n) is 3.39. The fraction of sp³-hybridized carbons (Fsp3) is 0.0625. The standard InChI is InChI=1S/C16H13FN4O/c1-9-5-11(10-3-2-4-19-7-10)15(17)12-6-14(21-16(18)22)20-8-13(9)12/h2-8H,1H3,(H3,18,20,21,22). The van der Waals surface area contributed by atoms with Crippen LogP contribution in [0.2, 0.25) is 0 Å². The molecule has 0 radical (unpaired) electrons. The van der Waals surface area contributed by atoms with Crippen molar-refractivity contribution in [2.45, 2.75) is 6.92 Å². The number of benzene rings is 1. The molecule has 0 saturated heterocycles. The van der Waals surface area contributed by atoms with Crippen LogP contribution in [0.25, 0.3) is 21.9 Å². The molecule has 0 fully saturated rings. The number of aryl methyl sites for hydroxylation is 1. The Balaban J connectivity index is 2.24. The van der Waals surface area contributed by atoms with Crippen molar-refractivity contribution < 1.29 is 9.18 Å². The van der Waals surface area contributed by atoms with Crippen LogP contribution in [0, 0.1) is 12.7 Å². The van der Waals surface area contributed by atoms with Crippen molar-refractivity contribution in [2.75, 3.05) is 5.32 Å². The quantitative estimate of drug-likeness (QED) is 0.761. The number of urea groups is 1. The lowest BCUT2D eigenvalue weighted by molar-refractivity contribution is 0.259. The van der Waals surface area contributed by atoms with Crippen molar-refractivity contribution in [3.8, 4) is 11.1 Å². The zero-order chi connectivity index (χ0) is 15.7. The zero-order valence-electron chi connectivity index (χ0n) is 11.8. The number of aromatic nitrogens is 2. The number of fused-ring (bicyclic) bond motifs is 1. The van der Waals surface area contributed by atoms with E-state index in [1.165, 1.54) is 12.3 Å². The summed E-state index contributed by atoms with van der Waals surface area (Å²) < 4.78 is 14.9. The molecule has 3 N–H and O–H groups in total. The Bertz CT molecular complexity index is 865. The number of pyridine rings is 2. The highest BCUT2D eigenvalue weighted by atomic mass is 19.1. The highest BCUT2D eigenvalue weighted by Gasteiger charge is 2.13. The fourth-order valence-electron chi connectivity index (χ4n) is 2.38. The minimum atomic E-state index is -0.743. The van der Waals surface area contributed by atoms with Gasteiger partial charge in [0.1, 0.15) is 11.6 Å². The van der Waals surface area contributed by atoms with Crippen LogP contribution in [-0.4, -0.2) is 16.0 Å². The van der Waals surface area contributed by atoms with E-state index < -0.39 is 6.03 Å². The number of rotatable bonds is 2. The number of carbonyl (C=O) groups is 1. The first-order valence-electron chi connectivity index (χ1n) is 6.62. The summed E-state index contributed by atoms with van der Waals surface area (Å²) in [5.74, 6) is -0.176. The number of nitrogens with two attached hydrogens (primary N) is 1. The number of nitrogens with one attached hydrogen (secondary N) is 1. The summed E-state index contributed by atoms with van der Waals surface area (Å²) in [6, 6.07) is 6.04. The summed E-state index contributed by atoms with van der Waals surface area (Å²) in [7, 11) is 0. The van der Waals surface area contributed by atoms with Gasteiger partial charge in [-0.2, -0.15) is 0 Å². The smallest absolute Gasteiger partial charge is 0.317 e. The molecule has 0 aliphatic rings. The van der Waals surface area contributed by atoms with Crippen LogP contribution in [0.1, 0.15) is 5.56 Å². The Hall–Kier alpha value is -3.02. The number of amides is 2. The molecule has 2 heterocycles. The molecule has 22 heavy (non-hydrogen) atoms. The van der Waals surface area contributed by atoms with Crippen LogP contribution in [0.3, 0.4) is 0 Å². The fourth-order valence-corrected chi connectivity index (χ4v) is 2.38. The summed E-state index contributed by atoms with van der Waals surface area (Å²) in [6.07, 6.45) is 4.76. The molecule has 0 aliphatic heterocycles. The van der Waals surface area contributed by atoms with Crippen LogP contribution < -0.4 is 11.1 Å². The Labute approximate surface area is 126 Å². The van der Waals surface area contributed by atoms with Crippen LogP contribution in [0.5, 0.6) is 0 Å². The van der Waals surface area contributed by atoms with Gasteiger partial charge in [-0.3, -0.25) is 10.3 Å². The molecule has 110 valence electrons. The highest BCUT2D eigenvalue weighted by Crippen LogP contribution is 2.31. The second-order valence-corrected chi connectivity index (χ2v) is 4.90. The molecular weight excluding hydrogens is 283 g/mol. The molecule has 0 unspecified atom stereocenters. The molecule has 1 aromatic carbocycles. The lowest BCUT2D eigenvalue weighted by atomic mass is 9.98. The number of hydrogen-bond acceptors (Lipinski definition) is 3. The zero-order valence-corrected chi connectivity index (χ0v) is 11.8. The van der Waals surface area contributed by atoms with Crippen molar-refractivity contribution >= 4 is 22.6 Å². The van der Waals surface area contributed by atoms with E-state index >= 15 is 0 Å². The number of carbonyl (C=O) groups excluding carboxylic acids is 1. The molecule has 2 amide bonds. The number of primary amides is 1. The lowest BCUT2D eigenvalue weighted by Crippen LogP contribution is -2.19. The summed E-state index contributed by atoms with van der Waals surface area (Å²) in [5.41, 5.74) is 7.09. The van der Waals surface area contributed by atoms with Crippen LogP contribution >= 0.6 is 0 Å². The molecule has 0 bridgehead atoms. The van der Waals surface area contributed by atoms with Gasteiger partial charge in [-0.25, -0.2) is 14.2 Å². The van der Waals surface area contributed by atoms with E-state index in [-0.39, 0.29) is 11.6 Å². The Kier molecular flexibility index (Phi) is 3.42. The minimum absolute atomic E-state index is 0.210. The van der Waals surface area contributed by atoms with E-state index in [0.29, 0.717) is 21.9 Å². The predicted molar refractivity (Wildman–Crippen MR) is 82.9 cm³/mol. The van der Waals surface area contributed by atoms with Gasteiger partial charge in [0.2, 0.25) is 0 Å². The van der Waals surface area contributed by atoms with Gasteiger partial charge >= 0.3 is 6.03 Å². The van der Waals surface area contributed by atoms with Crippen molar-refractivity contribution in [1.29, 1.82) is 0 Å². The largest absolute Gasteiger partial charge is 0.351 e. The van der Waals surface area contributed by atoms with Crippen LogP contribution in [0.15, 0.2) is 42.9 Å². The number of nitrogens with zero attached hydrogens (tertiary/aromatic N) is 2. The van der Waals surface area contributed by atoms with Gasteiger partial charge in [0.25, 0.3) is 0 Å². The van der Waals surface area contributed by atoms with Crippen molar-refractivity contribution in [3.05, 3.63) is 54.2 Å². The molecule has 0 spiro atoms. The van der Waals surface area contributed by atoms with E-state index in [4.69, 9.17) is 5.73 Å². The summed E-state index contributed by atoms with van der Waals surface area (Å²) >= 11 is 0. The van der Waals surface area contributed by atoms with Crippen molar-refractivity contribution in [3.63, 3.8) is 0 Å². The van der Waals surface area contributed by atoms with Gasteiger partial charge in [0, 0.05) is 40.5 Å².